The standard InChI is InChI=1S/C7H7F3N2O/c1-13-3-2-4-11-6(9)5(8)7(10)12-4/h2-3H2,1H3. The summed E-state index contributed by atoms with van der Waals surface area (Å²) in [6.45, 7) is 0.227. The van der Waals surface area contributed by atoms with Gasteiger partial charge in [-0.2, -0.15) is 13.2 Å². The second-order valence-corrected chi connectivity index (χ2v) is 2.28. The van der Waals surface area contributed by atoms with Gasteiger partial charge in [-0.25, -0.2) is 9.97 Å². The fourth-order valence-electron chi connectivity index (χ4n) is 0.740. The number of halogens is 3. The SMILES string of the molecule is COCCc1nc(F)c(F)c(F)n1. The van der Waals surface area contributed by atoms with E-state index in [1.807, 2.05) is 0 Å². The predicted octanol–water partition coefficient (Wildman–Crippen LogP) is 1.08. The Morgan fingerprint density at radius 1 is 1.15 bits per heavy atom. The van der Waals surface area contributed by atoms with Gasteiger partial charge in [0, 0.05) is 13.5 Å². The van der Waals surface area contributed by atoms with Crippen LogP contribution in [0.25, 0.3) is 0 Å². The highest BCUT2D eigenvalue weighted by Gasteiger charge is 2.13. The minimum absolute atomic E-state index is 0.113. The van der Waals surface area contributed by atoms with Crippen LogP contribution < -0.4 is 0 Å². The Kier molecular flexibility index (Phi) is 3.18. The molecular weight excluding hydrogens is 185 g/mol. The average molecular weight is 192 g/mol. The number of ether oxygens (including phenoxy) is 1. The third-order valence-electron chi connectivity index (χ3n) is 1.35. The van der Waals surface area contributed by atoms with Gasteiger partial charge in [-0.1, -0.05) is 0 Å². The molecule has 0 aliphatic rings. The molecule has 0 N–H and O–H groups in total. The largest absolute Gasteiger partial charge is 0.384 e. The van der Waals surface area contributed by atoms with Gasteiger partial charge >= 0.3 is 0 Å². The maximum atomic E-state index is 12.5. The molecule has 13 heavy (non-hydrogen) atoms. The lowest BCUT2D eigenvalue weighted by Gasteiger charge is -1.99. The van der Waals surface area contributed by atoms with Gasteiger partial charge in [0.15, 0.2) is 0 Å². The molecule has 0 aromatic carbocycles. The molecule has 0 saturated carbocycles. The molecule has 0 radical (unpaired) electrons. The molecule has 0 saturated heterocycles. The normalized spacial score (nSPS) is 10.5. The monoisotopic (exact) mass is 192 g/mol. The highest BCUT2D eigenvalue weighted by Crippen LogP contribution is 2.06. The van der Waals surface area contributed by atoms with Gasteiger partial charge in [-0.05, 0) is 0 Å². The Bertz CT molecular complexity index is 283. The summed E-state index contributed by atoms with van der Waals surface area (Å²) in [5.41, 5.74) is 0. The first-order valence-corrected chi connectivity index (χ1v) is 3.51. The summed E-state index contributed by atoms with van der Waals surface area (Å²) >= 11 is 0. The summed E-state index contributed by atoms with van der Waals surface area (Å²) in [5.74, 6) is -4.71. The topological polar surface area (TPSA) is 35.0 Å². The summed E-state index contributed by atoms with van der Waals surface area (Å²) in [6, 6.07) is 0. The van der Waals surface area contributed by atoms with Crippen molar-refractivity contribution in [3.8, 4) is 0 Å². The second kappa shape index (κ2) is 4.18. The number of hydrogen-bond acceptors (Lipinski definition) is 3. The highest BCUT2D eigenvalue weighted by molar-refractivity contribution is 4.96. The lowest BCUT2D eigenvalue weighted by atomic mass is 10.4. The molecule has 1 rings (SSSR count). The van der Waals surface area contributed by atoms with Crippen molar-refractivity contribution in [2.75, 3.05) is 13.7 Å². The molecule has 0 fully saturated rings. The van der Waals surface area contributed by atoms with Crippen LogP contribution in [-0.4, -0.2) is 23.7 Å². The number of rotatable bonds is 3. The van der Waals surface area contributed by atoms with Crippen LogP contribution in [0.15, 0.2) is 0 Å². The maximum Gasteiger partial charge on any atom is 0.255 e. The van der Waals surface area contributed by atoms with E-state index in [1.54, 1.807) is 0 Å². The van der Waals surface area contributed by atoms with Gasteiger partial charge < -0.3 is 4.74 Å². The quantitative estimate of drug-likeness (QED) is 0.672. The summed E-state index contributed by atoms with van der Waals surface area (Å²) in [6.07, 6.45) is 0.143. The summed E-state index contributed by atoms with van der Waals surface area (Å²) in [7, 11) is 1.43. The molecule has 0 bridgehead atoms. The van der Waals surface area contributed by atoms with Gasteiger partial charge in [-0.3, -0.25) is 0 Å². The first kappa shape index (κ1) is 9.91. The molecule has 6 heteroatoms. The van der Waals surface area contributed by atoms with Crippen LogP contribution in [0.2, 0.25) is 0 Å². The zero-order valence-corrected chi connectivity index (χ0v) is 6.85. The van der Waals surface area contributed by atoms with E-state index in [9.17, 15) is 13.2 Å². The Morgan fingerprint density at radius 2 is 1.69 bits per heavy atom. The van der Waals surface area contributed by atoms with Gasteiger partial charge in [0.25, 0.3) is 11.9 Å². The van der Waals surface area contributed by atoms with Gasteiger partial charge in [-0.15, -0.1) is 0 Å². The average Bonchev–Trinajstić information content (AvgIpc) is 2.10. The molecule has 3 nitrogen and oxygen atoms in total. The van der Waals surface area contributed by atoms with Crippen LogP contribution in [-0.2, 0) is 11.2 Å². The zero-order chi connectivity index (χ0) is 9.84. The van der Waals surface area contributed by atoms with Crippen LogP contribution in [0, 0.1) is 17.7 Å². The van der Waals surface area contributed by atoms with Crippen molar-refractivity contribution in [2.24, 2.45) is 0 Å². The Balaban J connectivity index is 2.86. The van der Waals surface area contributed by atoms with Crippen LogP contribution in [0.5, 0.6) is 0 Å². The van der Waals surface area contributed by atoms with Crippen molar-refractivity contribution < 1.29 is 17.9 Å². The van der Waals surface area contributed by atoms with Crippen LogP contribution in [0.3, 0.4) is 0 Å². The number of aromatic nitrogens is 2. The summed E-state index contributed by atoms with van der Waals surface area (Å²) < 4.78 is 41.9. The molecular formula is C7H7F3N2O. The van der Waals surface area contributed by atoms with E-state index in [0.717, 1.165) is 0 Å². The number of nitrogens with zero attached hydrogens (tertiary/aromatic N) is 2. The fourth-order valence-corrected chi connectivity index (χ4v) is 0.740. The minimum atomic E-state index is -1.65. The third kappa shape index (κ3) is 2.38. The van der Waals surface area contributed by atoms with E-state index in [2.05, 4.69) is 14.7 Å². The third-order valence-corrected chi connectivity index (χ3v) is 1.35. The highest BCUT2D eigenvalue weighted by atomic mass is 19.2. The molecule has 0 atom stereocenters. The van der Waals surface area contributed by atoms with Crippen LogP contribution in [0.1, 0.15) is 5.82 Å². The van der Waals surface area contributed by atoms with E-state index >= 15 is 0 Å². The fraction of sp³-hybridized carbons (Fsp3) is 0.429. The molecule has 72 valence electrons. The Hall–Kier alpha value is -1.17. The smallest absolute Gasteiger partial charge is 0.255 e. The van der Waals surface area contributed by atoms with Crippen molar-refractivity contribution in [3.63, 3.8) is 0 Å². The van der Waals surface area contributed by atoms with Crippen molar-refractivity contribution in [1.82, 2.24) is 9.97 Å². The molecule has 0 amide bonds. The van der Waals surface area contributed by atoms with E-state index in [-0.39, 0.29) is 18.9 Å². The zero-order valence-electron chi connectivity index (χ0n) is 6.85. The summed E-state index contributed by atoms with van der Waals surface area (Å²) in [5, 5.41) is 0. The lowest BCUT2D eigenvalue weighted by Crippen LogP contribution is -2.07. The van der Waals surface area contributed by atoms with E-state index in [1.165, 1.54) is 7.11 Å². The number of methoxy groups -OCH3 is 1. The van der Waals surface area contributed by atoms with Gasteiger partial charge in [0.2, 0.25) is 5.82 Å². The molecule has 0 spiro atoms. The molecule has 0 aliphatic heterocycles. The van der Waals surface area contributed by atoms with Crippen molar-refractivity contribution in [3.05, 3.63) is 23.5 Å². The molecule has 0 aliphatic carbocycles. The minimum Gasteiger partial charge on any atom is -0.384 e. The van der Waals surface area contributed by atoms with Crippen molar-refractivity contribution in [1.29, 1.82) is 0 Å². The van der Waals surface area contributed by atoms with Gasteiger partial charge in [0.1, 0.15) is 5.82 Å². The Morgan fingerprint density at radius 3 is 2.15 bits per heavy atom. The first-order chi connectivity index (χ1) is 6.15. The predicted molar refractivity (Wildman–Crippen MR) is 37.5 cm³/mol. The number of hydrogen-bond donors (Lipinski definition) is 0. The molecule has 1 aromatic heterocycles. The first-order valence-electron chi connectivity index (χ1n) is 3.51. The van der Waals surface area contributed by atoms with Crippen LogP contribution >= 0.6 is 0 Å². The van der Waals surface area contributed by atoms with Gasteiger partial charge in [0.05, 0.1) is 6.61 Å². The second-order valence-electron chi connectivity index (χ2n) is 2.28. The van der Waals surface area contributed by atoms with Crippen LogP contribution in [0.4, 0.5) is 13.2 Å². The molecule has 1 aromatic rings. The summed E-state index contributed by atoms with van der Waals surface area (Å²) in [4.78, 5) is 6.20. The maximum absolute atomic E-state index is 12.5. The van der Waals surface area contributed by atoms with E-state index < -0.39 is 17.7 Å². The van der Waals surface area contributed by atoms with E-state index in [0.29, 0.717) is 0 Å². The Labute approximate surface area is 72.6 Å². The van der Waals surface area contributed by atoms with Crippen molar-refractivity contribution >= 4 is 0 Å². The lowest BCUT2D eigenvalue weighted by molar-refractivity contribution is 0.199. The molecule has 1 heterocycles. The van der Waals surface area contributed by atoms with E-state index in [4.69, 9.17) is 0 Å². The van der Waals surface area contributed by atoms with Crippen molar-refractivity contribution in [2.45, 2.75) is 6.42 Å². The molecule has 0 unspecified atom stereocenters.